The lowest BCUT2D eigenvalue weighted by molar-refractivity contribution is -0.124. The zero-order valence-electron chi connectivity index (χ0n) is 18.0. The Balaban J connectivity index is 2.20. The van der Waals surface area contributed by atoms with Gasteiger partial charge in [-0.15, -0.1) is 0 Å². The van der Waals surface area contributed by atoms with Gasteiger partial charge in [-0.2, -0.15) is 0 Å². The second-order valence-electron chi connectivity index (χ2n) is 8.86. The van der Waals surface area contributed by atoms with Crippen molar-refractivity contribution in [1.29, 1.82) is 0 Å². The fourth-order valence-corrected chi connectivity index (χ4v) is 3.08. The Morgan fingerprint density at radius 2 is 1.72 bits per heavy atom. The van der Waals surface area contributed by atoms with Crippen LogP contribution in [-0.2, 0) is 11.2 Å². The molecule has 0 saturated carbocycles. The summed E-state index contributed by atoms with van der Waals surface area (Å²) in [7, 11) is 0. The van der Waals surface area contributed by atoms with Crippen molar-refractivity contribution >= 4 is 11.8 Å². The first-order valence-corrected chi connectivity index (χ1v) is 10.1. The number of benzene rings is 1. The summed E-state index contributed by atoms with van der Waals surface area (Å²) in [6.45, 7) is 10.6. The average molecular weight is 397 g/mol. The molecule has 6 nitrogen and oxygen atoms in total. The van der Waals surface area contributed by atoms with Gasteiger partial charge in [0.2, 0.25) is 5.91 Å². The quantitative estimate of drug-likeness (QED) is 0.716. The molecular weight excluding hydrogens is 364 g/mol. The highest BCUT2D eigenvalue weighted by atomic mass is 16.2. The average Bonchev–Trinajstić information content (AvgIpc) is 2.67. The van der Waals surface area contributed by atoms with Crippen LogP contribution in [0, 0.1) is 11.3 Å². The smallest absolute Gasteiger partial charge is 0.272 e. The summed E-state index contributed by atoms with van der Waals surface area (Å²) in [5.41, 5.74) is 1.07. The molecule has 0 fully saturated rings. The van der Waals surface area contributed by atoms with Crippen LogP contribution in [0.2, 0.25) is 0 Å². The van der Waals surface area contributed by atoms with E-state index >= 15 is 0 Å². The largest absolute Gasteiger partial charge is 0.351 e. The Kier molecular flexibility index (Phi) is 7.88. The number of nitrogens with zero attached hydrogens (tertiary/aromatic N) is 2. The van der Waals surface area contributed by atoms with Gasteiger partial charge in [-0.25, -0.2) is 4.98 Å². The Labute approximate surface area is 173 Å². The summed E-state index contributed by atoms with van der Waals surface area (Å²) in [4.78, 5) is 33.8. The molecule has 2 atom stereocenters. The standard InChI is InChI=1S/C23H32N4O2/c1-16(2)13-20(23(3,4)5)27-21(28)18(14-17-9-7-6-8-10-17)26-22(29)19-15-24-11-12-25-19/h6-12,15-16,18,20H,13-14H2,1-5H3,(H,26,29)(H,27,28)/t18-,20-/m0/s1. The number of nitrogens with one attached hydrogen (secondary N) is 2. The molecule has 0 saturated heterocycles. The molecule has 1 aromatic heterocycles. The van der Waals surface area contributed by atoms with Crippen LogP contribution >= 0.6 is 0 Å². The van der Waals surface area contributed by atoms with Crippen LogP contribution in [0.1, 0.15) is 57.1 Å². The molecule has 156 valence electrons. The van der Waals surface area contributed by atoms with E-state index in [1.807, 2.05) is 30.3 Å². The number of hydrogen-bond donors (Lipinski definition) is 2. The van der Waals surface area contributed by atoms with Crippen molar-refractivity contribution in [3.05, 3.63) is 60.2 Å². The van der Waals surface area contributed by atoms with Gasteiger partial charge in [-0.1, -0.05) is 65.0 Å². The molecule has 0 radical (unpaired) electrons. The van der Waals surface area contributed by atoms with Gasteiger partial charge in [0.1, 0.15) is 11.7 Å². The van der Waals surface area contributed by atoms with Gasteiger partial charge < -0.3 is 10.6 Å². The van der Waals surface area contributed by atoms with Crippen LogP contribution in [0.4, 0.5) is 0 Å². The molecule has 2 aromatic rings. The van der Waals surface area contributed by atoms with E-state index in [9.17, 15) is 9.59 Å². The Bertz CT molecular complexity index is 786. The lowest BCUT2D eigenvalue weighted by Gasteiger charge is -2.34. The maximum absolute atomic E-state index is 13.2. The first-order chi connectivity index (χ1) is 13.7. The number of hydrogen-bond acceptors (Lipinski definition) is 4. The highest BCUT2D eigenvalue weighted by Gasteiger charge is 2.30. The fraction of sp³-hybridized carbons (Fsp3) is 0.478. The van der Waals surface area contributed by atoms with Crippen molar-refractivity contribution in [2.24, 2.45) is 11.3 Å². The fourth-order valence-electron chi connectivity index (χ4n) is 3.08. The van der Waals surface area contributed by atoms with E-state index in [0.717, 1.165) is 12.0 Å². The number of carbonyl (C=O) groups is 2. The molecule has 1 heterocycles. The first kappa shape index (κ1) is 22.5. The van der Waals surface area contributed by atoms with Crippen LogP contribution < -0.4 is 10.6 Å². The normalized spacial score (nSPS) is 13.6. The van der Waals surface area contributed by atoms with Gasteiger partial charge in [-0.05, 0) is 23.3 Å². The predicted octanol–water partition coefficient (Wildman–Crippen LogP) is 3.39. The van der Waals surface area contributed by atoms with Crippen LogP contribution in [0.5, 0.6) is 0 Å². The summed E-state index contributed by atoms with van der Waals surface area (Å²) >= 11 is 0. The predicted molar refractivity (Wildman–Crippen MR) is 114 cm³/mol. The Morgan fingerprint density at radius 1 is 1.03 bits per heavy atom. The van der Waals surface area contributed by atoms with E-state index in [4.69, 9.17) is 0 Å². The lowest BCUT2D eigenvalue weighted by atomic mass is 9.82. The molecule has 1 aromatic carbocycles. The van der Waals surface area contributed by atoms with Gasteiger partial charge in [0.25, 0.3) is 5.91 Å². The molecule has 6 heteroatoms. The van der Waals surface area contributed by atoms with Gasteiger partial charge in [0, 0.05) is 24.9 Å². The minimum absolute atomic E-state index is 0.00157. The summed E-state index contributed by atoms with van der Waals surface area (Å²) in [6.07, 6.45) is 5.62. The third-order valence-electron chi connectivity index (χ3n) is 4.77. The number of aromatic nitrogens is 2. The third-order valence-corrected chi connectivity index (χ3v) is 4.77. The van der Waals surface area contributed by atoms with Crippen molar-refractivity contribution in [2.75, 3.05) is 0 Å². The number of carbonyl (C=O) groups excluding carboxylic acids is 2. The molecular formula is C23H32N4O2. The molecule has 0 aliphatic rings. The van der Waals surface area contributed by atoms with Gasteiger partial charge in [-0.3, -0.25) is 14.6 Å². The monoisotopic (exact) mass is 396 g/mol. The van der Waals surface area contributed by atoms with E-state index in [-0.39, 0.29) is 23.1 Å². The molecule has 0 aliphatic heterocycles. The molecule has 0 bridgehead atoms. The van der Waals surface area contributed by atoms with E-state index in [1.165, 1.54) is 18.6 Å². The summed E-state index contributed by atoms with van der Waals surface area (Å²) < 4.78 is 0. The molecule has 2 amide bonds. The summed E-state index contributed by atoms with van der Waals surface area (Å²) in [5, 5.41) is 6.01. The molecule has 2 N–H and O–H groups in total. The number of rotatable bonds is 8. The van der Waals surface area contributed by atoms with Crippen molar-refractivity contribution in [1.82, 2.24) is 20.6 Å². The van der Waals surface area contributed by atoms with Crippen molar-refractivity contribution in [2.45, 2.75) is 59.5 Å². The maximum atomic E-state index is 13.2. The van der Waals surface area contributed by atoms with Crippen LogP contribution in [0.25, 0.3) is 0 Å². The SMILES string of the molecule is CC(C)C[C@H](NC(=O)[C@H](Cc1ccccc1)NC(=O)c1cnccn1)C(C)(C)C. The van der Waals surface area contributed by atoms with E-state index in [2.05, 4.69) is 55.2 Å². The van der Waals surface area contributed by atoms with Crippen molar-refractivity contribution in [3.63, 3.8) is 0 Å². The van der Waals surface area contributed by atoms with Gasteiger partial charge in [0.05, 0.1) is 6.20 Å². The maximum Gasteiger partial charge on any atom is 0.272 e. The van der Waals surface area contributed by atoms with Crippen molar-refractivity contribution < 1.29 is 9.59 Å². The summed E-state index contributed by atoms with van der Waals surface area (Å²) in [6, 6.07) is 8.96. The first-order valence-electron chi connectivity index (χ1n) is 10.1. The minimum atomic E-state index is -0.705. The topological polar surface area (TPSA) is 84.0 Å². The zero-order chi connectivity index (χ0) is 21.4. The van der Waals surface area contributed by atoms with Crippen LogP contribution in [-0.4, -0.2) is 33.9 Å². The number of amides is 2. The van der Waals surface area contributed by atoms with Crippen molar-refractivity contribution in [3.8, 4) is 0 Å². The Hall–Kier alpha value is -2.76. The molecule has 2 rings (SSSR count). The van der Waals surface area contributed by atoms with E-state index in [0.29, 0.717) is 12.3 Å². The third kappa shape index (κ3) is 7.29. The molecule has 29 heavy (non-hydrogen) atoms. The van der Waals surface area contributed by atoms with E-state index in [1.54, 1.807) is 0 Å². The molecule has 0 aliphatic carbocycles. The minimum Gasteiger partial charge on any atom is -0.351 e. The second kappa shape index (κ2) is 10.1. The van der Waals surface area contributed by atoms with Gasteiger partial charge in [0.15, 0.2) is 0 Å². The highest BCUT2D eigenvalue weighted by molar-refractivity contribution is 5.96. The second-order valence-corrected chi connectivity index (χ2v) is 8.86. The Morgan fingerprint density at radius 3 is 2.28 bits per heavy atom. The molecule has 0 spiro atoms. The van der Waals surface area contributed by atoms with Crippen LogP contribution in [0.3, 0.4) is 0 Å². The lowest BCUT2D eigenvalue weighted by Crippen LogP contribution is -2.53. The van der Waals surface area contributed by atoms with E-state index < -0.39 is 11.9 Å². The van der Waals surface area contributed by atoms with Gasteiger partial charge >= 0.3 is 0 Å². The zero-order valence-corrected chi connectivity index (χ0v) is 18.0. The van der Waals surface area contributed by atoms with Crippen LogP contribution in [0.15, 0.2) is 48.9 Å². The highest BCUT2D eigenvalue weighted by Crippen LogP contribution is 2.25. The summed E-state index contributed by atoms with van der Waals surface area (Å²) in [5.74, 6) is -0.154. The molecule has 0 unspecified atom stereocenters.